The van der Waals surface area contributed by atoms with Gasteiger partial charge in [-0.2, -0.15) is 0 Å². The van der Waals surface area contributed by atoms with Crippen LogP contribution in [-0.2, 0) is 27.2 Å². The fourth-order valence-electron chi connectivity index (χ4n) is 3.94. The highest BCUT2D eigenvalue weighted by atomic mass is 32.1. The van der Waals surface area contributed by atoms with Crippen LogP contribution in [-0.4, -0.2) is 24.4 Å². The van der Waals surface area contributed by atoms with Crippen molar-refractivity contribution in [2.45, 2.75) is 33.1 Å². The first-order valence-electron chi connectivity index (χ1n) is 11.1. The van der Waals surface area contributed by atoms with E-state index in [2.05, 4.69) is 10.6 Å². The zero-order chi connectivity index (χ0) is 24.1. The summed E-state index contributed by atoms with van der Waals surface area (Å²) in [6.45, 7) is 3.21. The van der Waals surface area contributed by atoms with Crippen LogP contribution < -0.4 is 10.6 Å². The van der Waals surface area contributed by atoms with Gasteiger partial charge in [0.25, 0.3) is 5.91 Å². The van der Waals surface area contributed by atoms with Crippen LogP contribution in [0.3, 0.4) is 0 Å². The van der Waals surface area contributed by atoms with Crippen molar-refractivity contribution in [1.82, 2.24) is 0 Å². The molecular formula is C27H26N2O4S. The summed E-state index contributed by atoms with van der Waals surface area (Å²) < 4.78 is 5.37. The number of rotatable bonds is 7. The number of allylic oxidation sites excluding steroid dienone is 1. The minimum Gasteiger partial charge on any atom is -0.452 e. The Kier molecular flexibility index (Phi) is 7.23. The van der Waals surface area contributed by atoms with Crippen LogP contribution in [0.4, 0.5) is 10.7 Å². The summed E-state index contributed by atoms with van der Waals surface area (Å²) in [5.74, 6) is -1.42. The SMILES string of the molecule is CC(C)=CC(=O)Nc1scc(-c2ccccc2)c1C(=O)OCC(=O)Nc1ccc2c(c1)CCC2. The average molecular weight is 475 g/mol. The Hall–Kier alpha value is -3.71. The van der Waals surface area contributed by atoms with Crippen molar-refractivity contribution in [3.05, 3.63) is 82.3 Å². The number of aryl methyl sites for hydroxylation is 2. The second-order valence-corrected chi connectivity index (χ2v) is 9.27. The molecule has 0 fully saturated rings. The molecule has 4 rings (SSSR count). The lowest BCUT2D eigenvalue weighted by atomic mass is 10.0. The van der Waals surface area contributed by atoms with E-state index in [4.69, 9.17) is 4.74 Å². The van der Waals surface area contributed by atoms with E-state index < -0.39 is 18.5 Å². The van der Waals surface area contributed by atoms with Gasteiger partial charge in [-0.15, -0.1) is 11.3 Å². The molecule has 3 aromatic rings. The van der Waals surface area contributed by atoms with E-state index in [1.807, 2.05) is 62.4 Å². The Balaban J connectivity index is 1.49. The van der Waals surface area contributed by atoms with E-state index in [9.17, 15) is 14.4 Å². The van der Waals surface area contributed by atoms with E-state index in [1.54, 1.807) is 5.38 Å². The maximum absolute atomic E-state index is 13.1. The summed E-state index contributed by atoms with van der Waals surface area (Å²) in [4.78, 5) is 37.8. The maximum Gasteiger partial charge on any atom is 0.342 e. The van der Waals surface area contributed by atoms with E-state index in [0.717, 1.165) is 30.4 Å². The van der Waals surface area contributed by atoms with Crippen molar-refractivity contribution >= 4 is 39.8 Å². The van der Waals surface area contributed by atoms with Crippen molar-refractivity contribution in [2.75, 3.05) is 17.2 Å². The molecule has 0 unspecified atom stereocenters. The average Bonchev–Trinajstić information content (AvgIpc) is 3.44. The summed E-state index contributed by atoms with van der Waals surface area (Å²) in [6, 6.07) is 15.2. The minimum absolute atomic E-state index is 0.233. The Morgan fingerprint density at radius 1 is 1.00 bits per heavy atom. The number of carbonyl (C=O) groups is 3. The summed E-state index contributed by atoms with van der Waals surface area (Å²) in [6.07, 6.45) is 4.66. The van der Waals surface area contributed by atoms with E-state index >= 15 is 0 Å². The van der Waals surface area contributed by atoms with Gasteiger partial charge in [0.2, 0.25) is 5.91 Å². The molecule has 2 aromatic carbocycles. The lowest BCUT2D eigenvalue weighted by molar-refractivity contribution is -0.119. The quantitative estimate of drug-likeness (QED) is 0.345. The van der Waals surface area contributed by atoms with Crippen molar-refractivity contribution < 1.29 is 19.1 Å². The third-order valence-corrected chi connectivity index (χ3v) is 6.35. The molecular weight excluding hydrogens is 448 g/mol. The monoisotopic (exact) mass is 474 g/mol. The van der Waals surface area contributed by atoms with Crippen molar-refractivity contribution in [3.8, 4) is 11.1 Å². The standard InChI is InChI=1S/C27H26N2O4S/c1-17(2)13-23(30)29-26-25(22(16-34-26)19-7-4-3-5-8-19)27(32)33-15-24(31)28-21-12-11-18-9-6-10-20(18)14-21/h3-5,7-8,11-14,16H,6,9-10,15H2,1-2H3,(H,28,31)(H,29,30). The number of esters is 1. The van der Waals surface area contributed by atoms with Crippen LogP contribution in [0.2, 0.25) is 0 Å². The van der Waals surface area contributed by atoms with Gasteiger partial charge in [-0.1, -0.05) is 42.0 Å². The fourth-order valence-corrected chi connectivity index (χ4v) is 4.90. The highest BCUT2D eigenvalue weighted by molar-refractivity contribution is 7.15. The number of benzene rings is 2. The van der Waals surface area contributed by atoms with E-state index in [1.165, 1.54) is 28.5 Å². The predicted octanol–water partition coefficient (Wildman–Crippen LogP) is 5.60. The molecule has 0 saturated heterocycles. The van der Waals surface area contributed by atoms with Crippen LogP contribution in [0.15, 0.2) is 65.6 Å². The number of nitrogens with one attached hydrogen (secondary N) is 2. The van der Waals surface area contributed by atoms with Crippen LogP contribution in [0.5, 0.6) is 0 Å². The summed E-state index contributed by atoms with van der Waals surface area (Å²) in [7, 11) is 0. The topological polar surface area (TPSA) is 84.5 Å². The third kappa shape index (κ3) is 5.61. The Labute approximate surface area is 202 Å². The summed E-state index contributed by atoms with van der Waals surface area (Å²) in [5.41, 5.74) is 5.78. The number of amides is 2. The summed E-state index contributed by atoms with van der Waals surface area (Å²) >= 11 is 1.24. The molecule has 1 heterocycles. The molecule has 6 nitrogen and oxygen atoms in total. The number of thiophene rings is 1. The molecule has 0 bridgehead atoms. The van der Waals surface area contributed by atoms with Gasteiger partial charge in [-0.05, 0) is 61.9 Å². The summed E-state index contributed by atoms with van der Waals surface area (Å²) in [5, 5.41) is 7.74. The molecule has 0 radical (unpaired) electrons. The number of anilines is 2. The van der Waals surface area contributed by atoms with Gasteiger partial charge in [0.05, 0.1) is 0 Å². The smallest absolute Gasteiger partial charge is 0.342 e. The highest BCUT2D eigenvalue weighted by Gasteiger charge is 2.23. The molecule has 1 aromatic heterocycles. The third-order valence-electron chi connectivity index (χ3n) is 5.45. The van der Waals surface area contributed by atoms with Gasteiger partial charge in [0.15, 0.2) is 6.61 Å². The Bertz CT molecular complexity index is 1260. The van der Waals surface area contributed by atoms with E-state index in [0.29, 0.717) is 16.3 Å². The molecule has 0 aliphatic heterocycles. The molecule has 0 atom stereocenters. The molecule has 0 saturated carbocycles. The molecule has 2 N–H and O–H groups in total. The molecule has 1 aliphatic carbocycles. The molecule has 174 valence electrons. The van der Waals surface area contributed by atoms with Crippen molar-refractivity contribution in [2.24, 2.45) is 0 Å². The molecule has 7 heteroatoms. The second kappa shape index (κ2) is 10.5. The van der Waals surface area contributed by atoms with Gasteiger partial charge in [-0.25, -0.2) is 4.79 Å². The van der Waals surface area contributed by atoms with Gasteiger partial charge in [0.1, 0.15) is 10.6 Å². The lowest BCUT2D eigenvalue weighted by Gasteiger charge is -2.10. The maximum atomic E-state index is 13.1. The van der Waals surface area contributed by atoms with Crippen LogP contribution >= 0.6 is 11.3 Å². The Morgan fingerprint density at radius 2 is 1.76 bits per heavy atom. The molecule has 0 spiro atoms. The zero-order valence-electron chi connectivity index (χ0n) is 19.1. The zero-order valence-corrected chi connectivity index (χ0v) is 20.0. The number of fused-ring (bicyclic) bond motifs is 1. The normalized spacial score (nSPS) is 11.9. The van der Waals surface area contributed by atoms with Gasteiger partial charge in [-0.3, -0.25) is 9.59 Å². The first-order valence-corrected chi connectivity index (χ1v) is 12.0. The van der Waals surface area contributed by atoms with Crippen LogP contribution in [0, 0.1) is 0 Å². The molecule has 2 amide bonds. The van der Waals surface area contributed by atoms with E-state index in [-0.39, 0.29) is 11.5 Å². The molecule has 34 heavy (non-hydrogen) atoms. The molecule has 1 aliphatic rings. The largest absolute Gasteiger partial charge is 0.452 e. The highest BCUT2D eigenvalue weighted by Crippen LogP contribution is 2.36. The predicted molar refractivity (Wildman–Crippen MR) is 135 cm³/mol. The number of carbonyl (C=O) groups excluding carboxylic acids is 3. The Morgan fingerprint density at radius 3 is 2.53 bits per heavy atom. The minimum atomic E-state index is -0.670. The van der Waals surface area contributed by atoms with Gasteiger partial charge < -0.3 is 15.4 Å². The van der Waals surface area contributed by atoms with Crippen LogP contribution in [0.25, 0.3) is 11.1 Å². The van der Waals surface area contributed by atoms with Crippen molar-refractivity contribution in [1.29, 1.82) is 0 Å². The van der Waals surface area contributed by atoms with Gasteiger partial charge in [0, 0.05) is 22.7 Å². The first kappa shape index (κ1) is 23.4. The number of ether oxygens (including phenoxy) is 1. The number of hydrogen-bond acceptors (Lipinski definition) is 5. The van der Waals surface area contributed by atoms with Crippen molar-refractivity contribution in [3.63, 3.8) is 0 Å². The fraction of sp³-hybridized carbons (Fsp3) is 0.222. The number of hydrogen-bond donors (Lipinski definition) is 2. The first-order chi connectivity index (χ1) is 16.4. The lowest BCUT2D eigenvalue weighted by Crippen LogP contribution is -2.21. The second-order valence-electron chi connectivity index (χ2n) is 8.39. The van der Waals surface area contributed by atoms with Gasteiger partial charge >= 0.3 is 5.97 Å². The van der Waals surface area contributed by atoms with Crippen LogP contribution in [0.1, 0.15) is 41.8 Å².